The fourth-order valence-electron chi connectivity index (χ4n) is 13.0. The minimum Gasteiger partial charge on any atom is -0.309 e. The molecular formula is C77H57F6N3. The summed E-state index contributed by atoms with van der Waals surface area (Å²) in [5.74, 6) is 0. The van der Waals surface area contributed by atoms with E-state index in [9.17, 15) is 31.6 Å². The number of nitrogens with zero attached hydrogens (tertiary/aromatic N) is 3. The Balaban J connectivity index is 1.14. The van der Waals surface area contributed by atoms with Crippen molar-refractivity contribution in [2.75, 3.05) is 0 Å². The van der Waals surface area contributed by atoms with Crippen molar-refractivity contribution in [2.45, 2.75) is 67.7 Å². The first-order valence-electron chi connectivity index (χ1n) is 28.6. The van der Waals surface area contributed by atoms with Crippen LogP contribution < -0.4 is 0 Å². The lowest BCUT2D eigenvalue weighted by atomic mass is 9.94. The maximum atomic E-state index is 14.7. The van der Waals surface area contributed by atoms with Gasteiger partial charge in [-0.15, -0.1) is 0 Å². The minimum absolute atomic E-state index is 0.138. The van der Waals surface area contributed by atoms with Crippen molar-refractivity contribution in [3.63, 3.8) is 0 Å². The van der Waals surface area contributed by atoms with Gasteiger partial charge in [0, 0.05) is 32.7 Å². The zero-order valence-electron chi connectivity index (χ0n) is 48.7. The number of alkyl halides is 6. The molecule has 2 aromatic heterocycles. The second-order valence-corrected chi connectivity index (χ2v) is 23.2. The largest absolute Gasteiger partial charge is 0.416 e. The normalized spacial score (nSPS) is 12.1. The lowest BCUT2D eigenvalue weighted by Gasteiger charge is -2.21. The fraction of sp³-hybridized carbons (Fsp3) is 0.130. The van der Waals surface area contributed by atoms with Crippen LogP contribution in [-0.2, 0) is 12.4 Å². The van der Waals surface area contributed by atoms with Crippen molar-refractivity contribution in [1.29, 1.82) is 5.26 Å². The molecule has 9 heteroatoms. The van der Waals surface area contributed by atoms with Crippen molar-refractivity contribution in [2.24, 2.45) is 0 Å². The first-order chi connectivity index (χ1) is 41.1. The molecule has 0 N–H and O–H groups in total. The summed E-state index contributed by atoms with van der Waals surface area (Å²) in [6, 6.07) is 65.9. The highest BCUT2D eigenvalue weighted by Crippen LogP contribution is 2.47. The number of aryl methyl sites for hydroxylation is 8. The van der Waals surface area contributed by atoms with Crippen LogP contribution in [0.2, 0.25) is 0 Å². The van der Waals surface area contributed by atoms with Gasteiger partial charge in [-0.1, -0.05) is 138 Å². The van der Waals surface area contributed by atoms with Crippen LogP contribution in [0.1, 0.15) is 61.2 Å². The molecule has 13 aromatic rings. The Morgan fingerprint density at radius 2 is 0.593 bits per heavy atom. The van der Waals surface area contributed by atoms with E-state index in [2.05, 4.69) is 216 Å². The van der Waals surface area contributed by atoms with Crippen LogP contribution in [0.5, 0.6) is 0 Å². The third kappa shape index (κ3) is 9.69. The molecule has 0 aliphatic heterocycles. The molecule has 86 heavy (non-hydrogen) atoms. The summed E-state index contributed by atoms with van der Waals surface area (Å²) >= 11 is 0. The molecule has 0 atom stereocenters. The average molecular weight is 1140 g/mol. The van der Waals surface area contributed by atoms with Crippen molar-refractivity contribution in [1.82, 2.24) is 9.13 Å². The molecule has 0 fully saturated rings. The number of benzene rings is 11. The Hall–Kier alpha value is -9.91. The summed E-state index contributed by atoms with van der Waals surface area (Å²) in [5.41, 5.74) is 20.4. The predicted octanol–water partition coefficient (Wildman–Crippen LogP) is 22.3. The second-order valence-electron chi connectivity index (χ2n) is 23.2. The monoisotopic (exact) mass is 1140 g/mol. The van der Waals surface area contributed by atoms with Gasteiger partial charge in [-0.05, 0) is 218 Å². The predicted molar refractivity (Wildman–Crippen MR) is 340 cm³/mol. The Kier molecular flexibility index (Phi) is 13.3. The highest BCUT2D eigenvalue weighted by Gasteiger charge is 2.37. The zero-order chi connectivity index (χ0) is 60.2. The summed E-state index contributed by atoms with van der Waals surface area (Å²) < 4.78 is 92.7. The molecule has 2 heterocycles. The standard InChI is InChI=1S/C77H57F6N3/c1-43-9-19-60(47(5)29-43)53-15-25-70-66(36-53)67-37-54(61-20-10-44(2)30-48(61)6)16-26-71(67)85(70)74-33-51(42-84)13-23-64(74)65-24-14-52(57-34-58(76(78,79)80)41-59(35-57)77(81,82)83)40-75(65)86-72-27-17-55(62-21-11-45(3)31-49(62)7)38-68(72)69-39-56(18-28-73(69)86)63-22-12-46(4)32-50(63)8/h9-41H,1-8H3. The highest BCUT2D eigenvalue weighted by atomic mass is 19.4. The first-order valence-corrected chi connectivity index (χ1v) is 28.6. The second kappa shape index (κ2) is 20.7. The summed E-state index contributed by atoms with van der Waals surface area (Å²) in [5, 5.41) is 14.5. The van der Waals surface area contributed by atoms with Gasteiger partial charge in [-0.2, -0.15) is 31.6 Å². The van der Waals surface area contributed by atoms with E-state index in [4.69, 9.17) is 0 Å². The number of rotatable bonds is 8. The van der Waals surface area contributed by atoms with Gasteiger partial charge in [0.05, 0.1) is 56.2 Å². The van der Waals surface area contributed by atoms with Crippen LogP contribution in [-0.4, -0.2) is 9.13 Å². The number of hydrogen-bond acceptors (Lipinski definition) is 1. The molecule has 0 amide bonds. The van der Waals surface area contributed by atoms with Gasteiger partial charge < -0.3 is 9.13 Å². The van der Waals surface area contributed by atoms with Crippen LogP contribution in [0.3, 0.4) is 0 Å². The third-order valence-electron chi connectivity index (χ3n) is 17.1. The van der Waals surface area contributed by atoms with E-state index in [1.54, 1.807) is 24.3 Å². The number of fused-ring (bicyclic) bond motifs is 6. The average Bonchev–Trinajstić information content (AvgIpc) is 1.61. The molecule has 0 saturated heterocycles. The number of aromatic nitrogens is 2. The van der Waals surface area contributed by atoms with Gasteiger partial charge in [0.2, 0.25) is 0 Å². The molecule has 0 radical (unpaired) electrons. The molecule has 422 valence electrons. The van der Waals surface area contributed by atoms with Gasteiger partial charge in [-0.25, -0.2) is 0 Å². The number of hydrogen-bond donors (Lipinski definition) is 0. The van der Waals surface area contributed by atoms with Crippen LogP contribution in [0, 0.1) is 66.7 Å². The SMILES string of the molecule is Cc1ccc(-c2ccc3c(c2)c2cc(-c4ccc(C)cc4C)ccc2n3-c2cc(C#N)ccc2-c2ccc(-c3cc(C(F)(F)F)cc(C(F)(F)F)c3)cc2-n2c3ccc(-c4ccc(C)cc4C)cc3c3cc(-c4ccc(C)cc4C)ccc32)c(C)c1. The van der Waals surface area contributed by atoms with E-state index >= 15 is 0 Å². The van der Waals surface area contributed by atoms with E-state index in [1.165, 1.54) is 0 Å². The summed E-state index contributed by atoms with van der Waals surface area (Å²) in [4.78, 5) is 0. The molecule has 13 rings (SSSR count). The lowest BCUT2D eigenvalue weighted by Crippen LogP contribution is -2.11. The Morgan fingerprint density at radius 3 is 0.907 bits per heavy atom. The van der Waals surface area contributed by atoms with E-state index < -0.39 is 23.5 Å². The quantitative estimate of drug-likeness (QED) is 0.140. The van der Waals surface area contributed by atoms with E-state index in [0.717, 1.165) is 145 Å². The maximum Gasteiger partial charge on any atom is 0.416 e. The summed E-state index contributed by atoms with van der Waals surface area (Å²) in [6.45, 7) is 16.7. The molecule has 0 saturated carbocycles. The summed E-state index contributed by atoms with van der Waals surface area (Å²) in [7, 11) is 0. The topological polar surface area (TPSA) is 33.6 Å². The fourth-order valence-corrected chi connectivity index (χ4v) is 13.0. The third-order valence-corrected chi connectivity index (χ3v) is 17.1. The van der Waals surface area contributed by atoms with Gasteiger partial charge in [0.25, 0.3) is 0 Å². The molecule has 0 aliphatic rings. The summed E-state index contributed by atoms with van der Waals surface area (Å²) in [6.07, 6.45) is -10.2. The van der Waals surface area contributed by atoms with Crippen LogP contribution in [0.15, 0.2) is 200 Å². The van der Waals surface area contributed by atoms with Crippen LogP contribution in [0.4, 0.5) is 26.3 Å². The van der Waals surface area contributed by atoms with E-state index in [1.807, 2.05) is 12.1 Å². The Bertz CT molecular complexity index is 4770. The van der Waals surface area contributed by atoms with Gasteiger partial charge >= 0.3 is 12.4 Å². The smallest absolute Gasteiger partial charge is 0.309 e. The molecule has 0 aliphatic carbocycles. The lowest BCUT2D eigenvalue weighted by molar-refractivity contribution is -0.143. The van der Waals surface area contributed by atoms with Gasteiger partial charge in [0.15, 0.2) is 0 Å². The minimum atomic E-state index is -5.08. The highest BCUT2D eigenvalue weighted by molar-refractivity contribution is 6.14. The van der Waals surface area contributed by atoms with Crippen molar-refractivity contribution in [3.8, 4) is 84.2 Å². The molecule has 11 aromatic carbocycles. The van der Waals surface area contributed by atoms with Gasteiger partial charge in [0.1, 0.15) is 0 Å². The van der Waals surface area contributed by atoms with Crippen molar-refractivity contribution in [3.05, 3.63) is 261 Å². The maximum absolute atomic E-state index is 14.7. The van der Waals surface area contributed by atoms with Crippen molar-refractivity contribution < 1.29 is 26.3 Å². The number of halogens is 6. The number of nitriles is 1. The Labute approximate surface area is 495 Å². The zero-order valence-corrected chi connectivity index (χ0v) is 48.7. The van der Waals surface area contributed by atoms with Crippen molar-refractivity contribution >= 4 is 43.6 Å². The first kappa shape index (κ1) is 55.3. The molecule has 0 unspecified atom stereocenters. The van der Waals surface area contributed by atoms with E-state index in [0.29, 0.717) is 28.1 Å². The van der Waals surface area contributed by atoms with Crippen LogP contribution in [0.25, 0.3) is 122 Å². The van der Waals surface area contributed by atoms with Gasteiger partial charge in [-0.3, -0.25) is 0 Å². The molecule has 0 bridgehead atoms. The molecule has 3 nitrogen and oxygen atoms in total. The van der Waals surface area contributed by atoms with Crippen LogP contribution >= 0.6 is 0 Å². The Morgan fingerprint density at radius 1 is 0.291 bits per heavy atom. The molecular weight excluding hydrogens is 1080 g/mol. The van der Waals surface area contributed by atoms with E-state index in [-0.39, 0.29) is 17.2 Å². The molecule has 0 spiro atoms.